The lowest BCUT2D eigenvalue weighted by Gasteiger charge is -2.34. The number of imidazole rings is 1. The molecule has 2 fully saturated rings. The molecule has 9 nitrogen and oxygen atoms in total. The van der Waals surface area contributed by atoms with Gasteiger partial charge >= 0.3 is 0 Å². The molecular formula is C27H32F4N6O3. The summed E-state index contributed by atoms with van der Waals surface area (Å²) in [6, 6.07) is 4.27. The highest BCUT2D eigenvalue weighted by atomic mass is 19.3. The van der Waals surface area contributed by atoms with Gasteiger partial charge in [-0.3, -0.25) is 9.59 Å². The number of hydrogen-bond donors (Lipinski definition) is 3. The molecule has 0 spiro atoms. The fourth-order valence-electron chi connectivity index (χ4n) is 5.23. The maximum atomic E-state index is 13.8. The Morgan fingerprint density at radius 1 is 1.18 bits per heavy atom. The Hall–Kier alpha value is -3.51. The maximum absolute atomic E-state index is 13.8. The van der Waals surface area contributed by atoms with E-state index in [0.29, 0.717) is 16.9 Å². The van der Waals surface area contributed by atoms with E-state index in [1.165, 1.54) is 13.8 Å². The molecule has 1 aromatic carbocycles. The molecule has 0 aliphatic heterocycles. The number of aromatic amines is 1. The zero-order valence-corrected chi connectivity index (χ0v) is 22.4. The lowest BCUT2D eigenvalue weighted by Crippen LogP contribution is -2.39. The molecule has 2 heterocycles. The number of carbonyl (C=O) groups excluding carboxylic acids is 2. The highest BCUT2D eigenvalue weighted by Gasteiger charge is 2.46. The molecule has 2 aliphatic carbocycles. The van der Waals surface area contributed by atoms with Gasteiger partial charge in [-0.25, -0.2) is 27.2 Å². The molecule has 2 aromatic heterocycles. The van der Waals surface area contributed by atoms with Crippen LogP contribution < -0.4 is 10.6 Å². The average Bonchev–Trinajstić information content (AvgIpc) is 3.45. The predicted octanol–water partition coefficient (Wildman–Crippen LogP) is 5.41. The molecule has 40 heavy (non-hydrogen) atoms. The molecular weight excluding hydrogens is 532 g/mol. The molecule has 3 aromatic rings. The van der Waals surface area contributed by atoms with Gasteiger partial charge < -0.3 is 15.6 Å². The second-order valence-corrected chi connectivity index (χ2v) is 11.8. The van der Waals surface area contributed by atoms with Gasteiger partial charge in [0, 0.05) is 24.7 Å². The van der Waals surface area contributed by atoms with Crippen molar-refractivity contribution in [1.82, 2.24) is 30.9 Å². The molecule has 1 unspecified atom stereocenters. The second kappa shape index (κ2) is 10.5. The quantitative estimate of drug-likeness (QED) is 0.268. The lowest BCUT2D eigenvalue weighted by atomic mass is 9.79. The van der Waals surface area contributed by atoms with Crippen molar-refractivity contribution in [2.24, 2.45) is 17.3 Å². The Morgan fingerprint density at radius 2 is 1.90 bits per heavy atom. The van der Waals surface area contributed by atoms with E-state index in [4.69, 9.17) is 0 Å². The minimum atomic E-state index is -2.67. The van der Waals surface area contributed by atoms with Gasteiger partial charge in [0.15, 0.2) is 5.69 Å². The first-order valence-electron chi connectivity index (χ1n) is 13.4. The SMILES string of the molecule is Cc1nonc1C(=O)N[C@@H](CC(C)(C)C(F)F)c1nc2ccc(C(NC(=O)CC3CC(F)(F)C3)C3CC3)cc2[nH]1. The van der Waals surface area contributed by atoms with Gasteiger partial charge in [-0.05, 0) is 60.9 Å². The number of carbonyl (C=O) groups is 2. The summed E-state index contributed by atoms with van der Waals surface area (Å²) in [6.45, 7) is 4.37. The summed E-state index contributed by atoms with van der Waals surface area (Å²) in [5.41, 5.74) is 0.773. The van der Waals surface area contributed by atoms with Crippen molar-refractivity contribution in [1.29, 1.82) is 0 Å². The zero-order chi connectivity index (χ0) is 28.8. The Morgan fingerprint density at radius 3 is 2.50 bits per heavy atom. The van der Waals surface area contributed by atoms with E-state index in [1.54, 1.807) is 13.0 Å². The number of nitrogens with one attached hydrogen (secondary N) is 3. The van der Waals surface area contributed by atoms with Gasteiger partial charge in [-0.2, -0.15) is 0 Å². The number of halogens is 4. The number of aromatic nitrogens is 4. The standard InChI is InChI=1S/C27H32F4N6O3/c1-13-21(37-40-36-13)24(39)34-19(12-26(2,3)25(28)29)23-32-17-7-6-16(9-18(17)33-23)22(15-4-5-15)35-20(38)8-14-10-27(30,31)11-14/h6-7,9,14-15,19,22,25H,4-5,8,10-12H2,1-3H3,(H,32,33)(H,34,39)(H,35,38)/t19-,22?/m0/s1. The number of fused-ring (bicyclic) bond motifs is 1. The first kappa shape index (κ1) is 28.0. The topological polar surface area (TPSA) is 126 Å². The number of H-pyrrole nitrogens is 1. The average molecular weight is 565 g/mol. The highest BCUT2D eigenvalue weighted by Crippen LogP contribution is 2.45. The summed E-state index contributed by atoms with van der Waals surface area (Å²) in [7, 11) is 0. The summed E-state index contributed by atoms with van der Waals surface area (Å²) in [5, 5.41) is 13.0. The number of alkyl halides is 4. The van der Waals surface area contributed by atoms with E-state index in [0.717, 1.165) is 18.4 Å². The van der Waals surface area contributed by atoms with Gasteiger partial charge in [0.05, 0.1) is 23.1 Å². The van der Waals surface area contributed by atoms with Crippen LogP contribution in [0.1, 0.15) is 92.0 Å². The van der Waals surface area contributed by atoms with Gasteiger partial charge in [0.2, 0.25) is 18.3 Å². The monoisotopic (exact) mass is 564 g/mol. The Balaban J connectivity index is 1.37. The van der Waals surface area contributed by atoms with Crippen molar-refractivity contribution in [3.63, 3.8) is 0 Å². The Labute approximate surface area is 227 Å². The molecule has 216 valence electrons. The number of rotatable bonds is 11. The summed E-state index contributed by atoms with van der Waals surface area (Å²) in [5.74, 6) is -3.33. The summed E-state index contributed by atoms with van der Waals surface area (Å²) >= 11 is 0. The fourth-order valence-corrected chi connectivity index (χ4v) is 5.23. The molecule has 3 N–H and O–H groups in total. The van der Waals surface area contributed by atoms with Crippen LogP contribution in [0.5, 0.6) is 0 Å². The smallest absolute Gasteiger partial charge is 0.276 e. The molecule has 13 heteroatoms. The largest absolute Gasteiger partial charge is 0.349 e. The zero-order valence-electron chi connectivity index (χ0n) is 22.4. The van der Waals surface area contributed by atoms with Gasteiger partial charge in [-0.1, -0.05) is 25.1 Å². The van der Waals surface area contributed by atoms with Crippen LogP contribution in [0.25, 0.3) is 11.0 Å². The van der Waals surface area contributed by atoms with Crippen molar-refractivity contribution in [3.8, 4) is 0 Å². The van der Waals surface area contributed by atoms with Crippen LogP contribution >= 0.6 is 0 Å². The van der Waals surface area contributed by atoms with E-state index < -0.39 is 29.7 Å². The van der Waals surface area contributed by atoms with Crippen molar-refractivity contribution in [3.05, 3.63) is 41.0 Å². The third kappa shape index (κ3) is 6.12. The van der Waals surface area contributed by atoms with Crippen LogP contribution in [-0.2, 0) is 4.79 Å². The van der Waals surface area contributed by atoms with Crippen molar-refractivity contribution >= 4 is 22.8 Å². The molecule has 2 saturated carbocycles. The molecule has 2 amide bonds. The van der Waals surface area contributed by atoms with E-state index >= 15 is 0 Å². The van der Waals surface area contributed by atoms with Crippen LogP contribution in [0.15, 0.2) is 22.8 Å². The van der Waals surface area contributed by atoms with Gasteiger partial charge in [0.1, 0.15) is 11.5 Å². The molecule has 0 bridgehead atoms. The van der Waals surface area contributed by atoms with Crippen LogP contribution in [-0.4, -0.2) is 44.4 Å². The van der Waals surface area contributed by atoms with Crippen LogP contribution in [0.3, 0.4) is 0 Å². The molecule has 0 radical (unpaired) electrons. The second-order valence-electron chi connectivity index (χ2n) is 11.8. The van der Waals surface area contributed by atoms with Gasteiger partial charge in [0.25, 0.3) is 5.91 Å². The third-order valence-electron chi connectivity index (χ3n) is 7.77. The molecule has 5 rings (SSSR count). The van der Waals surface area contributed by atoms with Gasteiger partial charge in [-0.15, -0.1) is 0 Å². The Bertz CT molecular complexity index is 1390. The van der Waals surface area contributed by atoms with E-state index in [1.807, 2.05) is 12.1 Å². The first-order valence-corrected chi connectivity index (χ1v) is 13.4. The first-order chi connectivity index (χ1) is 18.8. The van der Waals surface area contributed by atoms with E-state index in [9.17, 15) is 27.2 Å². The predicted molar refractivity (Wildman–Crippen MR) is 136 cm³/mol. The maximum Gasteiger partial charge on any atom is 0.276 e. The number of benzene rings is 1. The summed E-state index contributed by atoms with van der Waals surface area (Å²) < 4.78 is 58.6. The van der Waals surface area contributed by atoms with Crippen molar-refractivity contribution in [2.45, 2.75) is 83.7 Å². The minimum absolute atomic E-state index is 0.0492. The normalized spacial score (nSPS) is 18.9. The van der Waals surface area contributed by atoms with E-state index in [-0.39, 0.29) is 60.9 Å². The summed E-state index contributed by atoms with van der Waals surface area (Å²) in [4.78, 5) is 33.2. The van der Waals surface area contributed by atoms with E-state index in [2.05, 4.69) is 35.5 Å². The summed E-state index contributed by atoms with van der Waals surface area (Å²) in [6.07, 6.45) is -1.34. The third-order valence-corrected chi connectivity index (χ3v) is 7.77. The van der Waals surface area contributed by atoms with Crippen molar-refractivity contribution in [2.75, 3.05) is 0 Å². The molecule has 2 aliphatic rings. The number of aryl methyl sites for hydroxylation is 1. The minimum Gasteiger partial charge on any atom is -0.349 e. The number of amides is 2. The molecule has 0 saturated heterocycles. The number of hydrogen-bond acceptors (Lipinski definition) is 6. The Kier molecular flexibility index (Phi) is 7.34. The van der Waals surface area contributed by atoms with Crippen LogP contribution in [0, 0.1) is 24.2 Å². The molecule has 2 atom stereocenters. The fraction of sp³-hybridized carbons (Fsp3) is 0.593. The number of nitrogens with zero attached hydrogens (tertiary/aromatic N) is 3. The van der Waals surface area contributed by atoms with Crippen LogP contribution in [0.4, 0.5) is 17.6 Å². The van der Waals surface area contributed by atoms with Crippen LogP contribution in [0.2, 0.25) is 0 Å². The lowest BCUT2D eigenvalue weighted by molar-refractivity contribution is -0.134. The van der Waals surface area contributed by atoms with Crippen molar-refractivity contribution < 1.29 is 31.8 Å². The highest BCUT2D eigenvalue weighted by molar-refractivity contribution is 5.93.